The number of hydrogen-bond acceptors (Lipinski definition) is 9. The van der Waals surface area contributed by atoms with E-state index in [9.17, 15) is 5.11 Å². The van der Waals surface area contributed by atoms with Crippen LogP contribution in [0.3, 0.4) is 0 Å². The Morgan fingerprint density at radius 2 is 1.85 bits per heavy atom. The Balaban J connectivity index is 1.41. The van der Waals surface area contributed by atoms with Gasteiger partial charge in [-0.15, -0.1) is 5.11 Å². The summed E-state index contributed by atoms with van der Waals surface area (Å²) in [5.74, 6) is 1.44. The van der Waals surface area contributed by atoms with Crippen molar-refractivity contribution < 1.29 is 19.3 Å². The maximum atomic E-state index is 9.30. The molecule has 3 heterocycles. The first-order chi connectivity index (χ1) is 16.2. The van der Waals surface area contributed by atoms with Crippen molar-refractivity contribution in [1.82, 2.24) is 9.97 Å². The first kappa shape index (κ1) is 22.5. The Kier molecular flexibility index (Phi) is 7.65. The van der Waals surface area contributed by atoms with E-state index in [-0.39, 0.29) is 19.0 Å². The molecule has 1 fully saturated rings. The first-order valence-electron chi connectivity index (χ1n) is 10.8. The summed E-state index contributed by atoms with van der Waals surface area (Å²) in [7, 11) is 0. The van der Waals surface area contributed by atoms with Crippen LogP contribution in [0.15, 0.2) is 65.0 Å². The number of ether oxygens (including phenoxy) is 3. The molecule has 9 heteroatoms. The van der Waals surface area contributed by atoms with E-state index in [0.29, 0.717) is 37.3 Å². The molecule has 1 aliphatic rings. The number of benzene rings is 1. The normalized spacial score (nSPS) is 13.9. The molecule has 3 aromatic rings. The predicted octanol–water partition coefficient (Wildman–Crippen LogP) is 4.07. The molecular formula is C24H27N5O4. The van der Waals surface area contributed by atoms with Crippen LogP contribution in [-0.2, 0) is 11.3 Å². The minimum Gasteiger partial charge on any atom is -0.506 e. The maximum Gasteiger partial charge on any atom is 0.217 e. The fourth-order valence-corrected chi connectivity index (χ4v) is 3.36. The number of azo groups is 1. The van der Waals surface area contributed by atoms with Crippen molar-refractivity contribution in [2.45, 2.75) is 13.5 Å². The molecule has 1 N–H and O–H groups in total. The van der Waals surface area contributed by atoms with Crippen LogP contribution in [0.25, 0.3) is 0 Å². The minimum absolute atomic E-state index is 0.0896. The quantitative estimate of drug-likeness (QED) is 0.388. The van der Waals surface area contributed by atoms with Crippen molar-refractivity contribution >= 4 is 11.5 Å². The van der Waals surface area contributed by atoms with Crippen molar-refractivity contribution in [1.29, 1.82) is 0 Å². The number of hydrogen-bond donors (Lipinski definition) is 1. The number of anilines is 1. The summed E-state index contributed by atoms with van der Waals surface area (Å²) < 4.78 is 16.8. The lowest BCUT2D eigenvalue weighted by Crippen LogP contribution is -2.36. The summed E-state index contributed by atoms with van der Waals surface area (Å²) in [4.78, 5) is 10.7. The van der Waals surface area contributed by atoms with E-state index in [0.717, 1.165) is 24.3 Å². The number of rotatable bonds is 9. The monoisotopic (exact) mass is 449 g/mol. The zero-order valence-electron chi connectivity index (χ0n) is 18.6. The summed E-state index contributed by atoms with van der Waals surface area (Å²) in [5, 5.41) is 18.0. The van der Waals surface area contributed by atoms with E-state index < -0.39 is 0 Å². The van der Waals surface area contributed by atoms with Gasteiger partial charge in [-0.2, -0.15) is 10.1 Å². The molecule has 0 saturated carbocycles. The highest BCUT2D eigenvalue weighted by Crippen LogP contribution is 2.26. The third kappa shape index (κ3) is 6.88. The Morgan fingerprint density at radius 3 is 2.61 bits per heavy atom. The number of aromatic hydroxyl groups is 1. The summed E-state index contributed by atoms with van der Waals surface area (Å²) in [5.41, 5.74) is 3.25. The van der Waals surface area contributed by atoms with Crippen LogP contribution >= 0.6 is 0 Å². The Bertz CT molecular complexity index is 1070. The standard InChI is InChI=1S/C24H27N5O4/c1-18-3-2-4-19(13-18)16-26-28-22-14-20(29-7-9-31-10-8-29)15-24(27-22)33-12-11-32-23-6-5-21(30)17-25-23/h2-6,13-15,17,30H,7-12,16H2,1H3. The van der Waals surface area contributed by atoms with Crippen molar-refractivity contribution in [2.24, 2.45) is 10.2 Å². The zero-order valence-corrected chi connectivity index (χ0v) is 18.6. The van der Waals surface area contributed by atoms with Gasteiger partial charge in [0.2, 0.25) is 11.8 Å². The Labute approximate surface area is 192 Å². The molecule has 0 atom stereocenters. The van der Waals surface area contributed by atoms with Gasteiger partial charge in [-0.05, 0) is 18.6 Å². The van der Waals surface area contributed by atoms with Gasteiger partial charge in [-0.1, -0.05) is 29.8 Å². The average molecular weight is 450 g/mol. The molecule has 1 aromatic carbocycles. The second kappa shape index (κ2) is 11.2. The largest absolute Gasteiger partial charge is 0.506 e. The van der Waals surface area contributed by atoms with Gasteiger partial charge in [0.05, 0.1) is 26.0 Å². The second-order valence-electron chi connectivity index (χ2n) is 7.56. The smallest absolute Gasteiger partial charge is 0.217 e. The van der Waals surface area contributed by atoms with Crippen molar-refractivity contribution in [3.8, 4) is 17.5 Å². The van der Waals surface area contributed by atoms with E-state index in [1.54, 1.807) is 6.07 Å². The first-order valence-corrected chi connectivity index (χ1v) is 10.8. The third-order valence-electron chi connectivity index (χ3n) is 4.96. The fourth-order valence-electron chi connectivity index (χ4n) is 3.36. The van der Waals surface area contributed by atoms with E-state index in [4.69, 9.17) is 14.2 Å². The van der Waals surface area contributed by atoms with Crippen molar-refractivity contribution in [2.75, 3.05) is 44.4 Å². The van der Waals surface area contributed by atoms with Crippen LogP contribution in [0.1, 0.15) is 11.1 Å². The van der Waals surface area contributed by atoms with Crippen LogP contribution in [0.5, 0.6) is 17.5 Å². The molecular weight excluding hydrogens is 422 g/mol. The van der Waals surface area contributed by atoms with Gasteiger partial charge in [0.15, 0.2) is 5.82 Å². The average Bonchev–Trinajstić information content (AvgIpc) is 2.83. The van der Waals surface area contributed by atoms with Crippen LogP contribution < -0.4 is 14.4 Å². The Hall–Kier alpha value is -3.72. The number of pyridine rings is 2. The van der Waals surface area contributed by atoms with Crippen molar-refractivity contribution in [3.05, 3.63) is 65.9 Å². The maximum absolute atomic E-state index is 9.30. The molecule has 0 amide bonds. The molecule has 9 nitrogen and oxygen atoms in total. The van der Waals surface area contributed by atoms with Gasteiger partial charge < -0.3 is 24.2 Å². The molecule has 0 aliphatic carbocycles. The highest BCUT2D eigenvalue weighted by Gasteiger charge is 2.14. The summed E-state index contributed by atoms with van der Waals surface area (Å²) >= 11 is 0. The van der Waals surface area contributed by atoms with Gasteiger partial charge in [0.25, 0.3) is 0 Å². The second-order valence-corrected chi connectivity index (χ2v) is 7.56. The summed E-state index contributed by atoms with van der Waals surface area (Å²) in [6.07, 6.45) is 1.33. The highest BCUT2D eigenvalue weighted by molar-refractivity contribution is 5.55. The van der Waals surface area contributed by atoms with Crippen LogP contribution in [0.4, 0.5) is 11.5 Å². The molecule has 1 aliphatic heterocycles. The predicted molar refractivity (Wildman–Crippen MR) is 124 cm³/mol. The van der Waals surface area contributed by atoms with Gasteiger partial charge in [-0.25, -0.2) is 4.98 Å². The van der Waals surface area contributed by atoms with Crippen LogP contribution in [0.2, 0.25) is 0 Å². The number of morpholine rings is 1. The molecule has 0 unspecified atom stereocenters. The topological polar surface area (TPSA) is 102 Å². The lowest BCUT2D eigenvalue weighted by Gasteiger charge is -2.29. The summed E-state index contributed by atoms with van der Waals surface area (Å²) in [6, 6.07) is 15.1. The molecule has 4 rings (SSSR count). The molecule has 0 spiro atoms. The van der Waals surface area contributed by atoms with Crippen LogP contribution in [-0.4, -0.2) is 54.6 Å². The SMILES string of the molecule is Cc1cccc(CN=Nc2cc(N3CCOCC3)cc(OCCOc3ccc(O)cn3)n2)c1. The van der Waals surface area contributed by atoms with Gasteiger partial charge in [0, 0.05) is 37.0 Å². The van der Waals surface area contributed by atoms with Crippen molar-refractivity contribution in [3.63, 3.8) is 0 Å². The number of aryl methyl sites for hydroxylation is 1. The summed E-state index contributed by atoms with van der Waals surface area (Å²) in [6.45, 7) is 6.03. The van der Waals surface area contributed by atoms with Gasteiger partial charge >= 0.3 is 0 Å². The molecule has 0 radical (unpaired) electrons. The molecule has 33 heavy (non-hydrogen) atoms. The van der Waals surface area contributed by atoms with E-state index in [1.807, 2.05) is 24.3 Å². The van der Waals surface area contributed by atoms with E-state index >= 15 is 0 Å². The van der Waals surface area contributed by atoms with Crippen LogP contribution in [0, 0.1) is 6.92 Å². The Morgan fingerprint density at radius 1 is 1.03 bits per heavy atom. The lowest BCUT2D eigenvalue weighted by molar-refractivity contribution is 0.122. The lowest BCUT2D eigenvalue weighted by atomic mass is 10.1. The van der Waals surface area contributed by atoms with Gasteiger partial charge in [0.1, 0.15) is 19.0 Å². The molecule has 0 bridgehead atoms. The number of nitrogens with zero attached hydrogens (tertiary/aromatic N) is 5. The molecule has 1 saturated heterocycles. The molecule has 2 aromatic heterocycles. The highest BCUT2D eigenvalue weighted by atomic mass is 16.5. The molecule has 172 valence electrons. The van der Waals surface area contributed by atoms with Gasteiger partial charge in [-0.3, -0.25) is 0 Å². The zero-order chi connectivity index (χ0) is 22.9. The van der Waals surface area contributed by atoms with E-state index in [1.165, 1.54) is 17.8 Å². The third-order valence-corrected chi connectivity index (χ3v) is 4.96. The minimum atomic E-state index is 0.0896. The fraction of sp³-hybridized carbons (Fsp3) is 0.333. The van der Waals surface area contributed by atoms with E-state index in [2.05, 4.69) is 44.2 Å². The number of aromatic nitrogens is 2.